The molecular weight excluding hydrogens is 521 g/mol. The summed E-state index contributed by atoms with van der Waals surface area (Å²) in [6.07, 6.45) is 3.49. The van der Waals surface area contributed by atoms with Crippen LogP contribution in [0.1, 0.15) is 46.6 Å². The van der Waals surface area contributed by atoms with Crippen LogP contribution < -0.4 is 16.0 Å². The highest BCUT2D eigenvalue weighted by atomic mass is 32.1. The Balaban J connectivity index is 1.59. The van der Waals surface area contributed by atoms with Crippen molar-refractivity contribution in [2.45, 2.75) is 44.7 Å². The minimum Gasteiger partial charge on any atom is -0.361 e. The summed E-state index contributed by atoms with van der Waals surface area (Å²) in [7, 11) is 0. The molecule has 3 amide bonds. The number of allylic oxidation sites excluding steroid dienone is 1. The molecular formula is C28H28FN5O4S. The minimum absolute atomic E-state index is 0.0175. The number of rotatable bonds is 10. The predicted molar refractivity (Wildman–Crippen MR) is 143 cm³/mol. The Morgan fingerprint density at radius 1 is 1.31 bits per heavy atom. The second-order valence-electron chi connectivity index (χ2n) is 9.36. The molecule has 3 heterocycles. The molecule has 1 fully saturated rings. The van der Waals surface area contributed by atoms with E-state index in [4.69, 9.17) is 4.52 Å². The van der Waals surface area contributed by atoms with Crippen LogP contribution in [0.4, 0.5) is 4.39 Å². The molecule has 3 aromatic rings. The highest BCUT2D eigenvalue weighted by Crippen LogP contribution is 2.22. The van der Waals surface area contributed by atoms with Crippen LogP contribution in [0.25, 0.3) is 5.57 Å². The van der Waals surface area contributed by atoms with Crippen LogP contribution in [0, 0.1) is 30.0 Å². The van der Waals surface area contributed by atoms with Crippen LogP contribution in [-0.4, -0.2) is 41.5 Å². The Kier molecular flexibility index (Phi) is 9.22. The van der Waals surface area contributed by atoms with Crippen molar-refractivity contribution in [3.8, 4) is 6.07 Å². The van der Waals surface area contributed by atoms with Gasteiger partial charge in [0, 0.05) is 36.6 Å². The molecule has 0 saturated carbocycles. The number of carbonyl (C=O) groups is 3. The van der Waals surface area contributed by atoms with Gasteiger partial charge in [0.25, 0.3) is 5.91 Å². The summed E-state index contributed by atoms with van der Waals surface area (Å²) in [6.45, 7) is 2.25. The lowest BCUT2D eigenvalue weighted by atomic mass is 9.90. The zero-order chi connectivity index (χ0) is 27.8. The highest BCUT2D eigenvalue weighted by Gasteiger charge is 2.29. The molecule has 1 aliphatic heterocycles. The number of hydrogen-bond donors (Lipinski definition) is 3. The maximum absolute atomic E-state index is 13.6. The lowest BCUT2D eigenvalue weighted by Gasteiger charge is -2.27. The summed E-state index contributed by atoms with van der Waals surface area (Å²) < 4.78 is 18.5. The fraction of sp³-hybridized carbons (Fsp3) is 0.321. The van der Waals surface area contributed by atoms with Crippen LogP contribution in [0.2, 0.25) is 0 Å². The molecule has 4 rings (SSSR count). The van der Waals surface area contributed by atoms with E-state index in [-0.39, 0.29) is 30.4 Å². The van der Waals surface area contributed by atoms with Gasteiger partial charge in [-0.3, -0.25) is 14.4 Å². The van der Waals surface area contributed by atoms with E-state index in [0.29, 0.717) is 35.4 Å². The van der Waals surface area contributed by atoms with Gasteiger partial charge in [-0.15, -0.1) is 0 Å². The van der Waals surface area contributed by atoms with E-state index in [0.717, 1.165) is 6.42 Å². The largest absolute Gasteiger partial charge is 0.361 e. The van der Waals surface area contributed by atoms with Crippen LogP contribution in [0.5, 0.6) is 0 Å². The van der Waals surface area contributed by atoms with Gasteiger partial charge in [-0.25, -0.2) is 4.39 Å². The van der Waals surface area contributed by atoms with Gasteiger partial charge in [-0.2, -0.15) is 16.6 Å². The Morgan fingerprint density at radius 3 is 2.74 bits per heavy atom. The predicted octanol–water partition coefficient (Wildman–Crippen LogP) is 3.53. The maximum Gasteiger partial charge on any atom is 0.274 e. The molecule has 202 valence electrons. The Bertz CT molecular complexity index is 1380. The lowest BCUT2D eigenvalue weighted by Crippen LogP contribution is -2.51. The molecule has 3 atom stereocenters. The van der Waals surface area contributed by atoms with Crippen molar-refractivity contribution in [3.63, 3.8) is 0 Å². The maximum atomic E-state index is 13.6. The lowest BCUT2D eigenvalue weighted by molar-refractivity contribution is -0.128. The van der Waals surface area contributed by atoms with Gasteiger partial charge < -0.3 is 20.5 Å². The van der Waals surface area contributed by atoms with E-state index in [1.807, 2.05) is 16.8 Å². The number of hydrogen-bond acceptors (Lipinski definition) is 7. The smallest absolute Gasteiger partial charge is 0.274 e. The number of thiophene rings is 1. The first kappa shape index (κ1) is 27.7. The average Bonchev–Trinajstić information content (AvgIpc) is 3.61. The van der Waals surface area contributed by atoms with Crippen molar-refractivity contribution in [1.82, 2.24) is 21.1 Å². The van der Waals surface area contributed by atoms with Crippen molar-refractivity contribution in [2.24, 2.45) is 5.92 Å². The molecule has 2 aromatic heterocycles. The van der Waals surface area contributed by atoms with E-state index in [9.17, 15) is 24.0 Å². The average molecular weight is 550 g/mol. The molecule has 11 heteroatoms. The fourth-order valence-electron chi connectivity index (χ4n) is 4.41. The fourth-order valence-corrected chi connectivity index (χ4v) is 5.06. The normalized spacial score (nSPS) is 17.0. The molecule has 0 unspecified atom stereocenters. The van der Waals surface area contributed by atoms with Gasteiger partial charge in [-0.1, -0.05) is 17.3 Å². The van der Waals surface area contributed by atoms with Gasteiger partial charge in [0.1, 0.15) is 17.6 Å². The van der Waals surface area contributed by atoms with Crippen molar-refractivity contribution >= 4 is 34.6 Å². The quantitative estimate of drug-likeness (QED) is 0.331. The number of nitrogens with zero attached hydrogens (tertiary/aromatic N) is 2. The van der Waals surface area contributed by atoms with Crippen molar-refractivity contribution in [1.29, 1.82) is 5.26 Å². The number of nitrogens with one attached hydrogen (secondary N) is 3. The van der Waals surface area contributed by atoms with Gasteiger partial charge in [0.15, 0.2) is 5.69 Å². The number of aromatic nitrogens is 1. The zero-order valence-electron chi connectivity index (χ0n) is 21.3. The second-order valence-corrected chi connectivity index (χ2v) is 10.1. The van der Waals surface area contributed by atoms with Crippen molar-refractivity contribution in [2.75, 3.05) is 6.54 Å². The Morgan fingerprint density at radius 2 is 2.10 bits per heavy atom. The number of nitriles is 1. The van der Waals surface area contributed by atoms with E-state index in [2.05, 4.69) is 27.2 Å². The second kappa shape index (κ2) is 13.0. The van der Waals surface area contributed by atoms with Gasteiger partial charge >= 0.3 is 0 Å². The zero-order valence-corrected chi connectivity index (χ0v) is 22.1. The summed E-state index contributed by atoms with van der Waals surface area (Å²) in [5, 5.41) is 25.7. The third-order valence-electron chi connectivity index (χ3n) is 6.42. The van der Waals surface area contributed by atoms with E-state index < -0.39 is 29.7 Å². The SMILES string of the molecule is Cc1cc(C(=O)N[C@@H](Cc2ccc(F)cc2)C(=O)N[C@H](/C=C(/C#N)c2ccsc2)C[C@@H]2CCCNC2=O)no1. The summed E-state index contributed by atoms with van der Waals surface area (Å²) >= 11 is 1.44. The first-order valence-electron chi connectivity index (χ1n) is 12.5. The van der Waals surface area contributed by atoms with Gasteiger partial charge in [0.2, 0.25) is 11.8 Å². The summed E-state index contributed by atoms with van der Waals surface area (Å²) in [6, 6.07) is 9.36. The number of amides is 3. The molecule has 1 aromatic carbocycles. The van der Waals surface area contributed by atoms with E-state index in [1.165, 1.54) is 41.7 Å². The first-order chi connectivity index (χ1) is 18.8. The van der Waals surface area contributed by atoms with Crippen molar-refractivity contribution < 1.29 is 23.3 Å². The number of piperidine rings is 1. The molecule has 3 N–H and O–H groups in total. The number of carbonyl (C=O) groups excluding carboxylic acids is 3. The topological polar surface area (TPSA) is 137 Å². The molecule has 0 radical (unpaired) electrons. The number of halogens is 1. The van der Waals surface area contributed by atoms with Gasteiger partial charge in [-0.05, 0) is 66.8 Å². The highest BCUT2D eigenvalue weighted by molar-refractivity contribution is 7.08. The van der Waals surface area contributed by atoms with Crippen LogP contribution in [-0.2, 0) is 16.0 Å². The molecule has 0 bridgehead atoms. The summed E-state index contributed by atoms with van der Waals surface area (Å²) in [5.41, 5.74) is 1.73. The first-order valence-corrected chi connectivity index (χ1v) is 13.5. The number of aryl methyl sites for hydroxylation is 1. The molecule has 0 spiro atoms. The minimum atomic E-state index is -1.05. The van der Waals surface area contributed by atoms with Crippen LogP contribution >= 0.6 is 11.3 Å². The Labute approximate surface area is 229 Å². The molecule has 1 saturated heterocycles. The van der Waals surface area contributed by atoms with E-state index >= 15 is 0 Å². The molecule has 1 aliphatic rings. The van der Waals surface area contributed by atoms with E-state index in [1.54, 1.807) is 13.0 Å². The third kappa shape index (κ3) is 7.61. The standard InChI is InChI=1S/C28H28FN5O4S/c1-17-11-25(34-38-17)28(37)33-24(12-18-4-6-22(29)7-5-18)27(36)32-23(13-19-3-2-9-31-26(19)35)14-21(15-30)20-8-10-39-16-20/h4-8,10-11,14,16,19,23-24H,2-3,9,12-13H2,1H3,(H,31,35)(H,32,36)(H,33,37)/b21-14-/t19-,23-,24-/m0/s1. The van der Waals surface area contributed by atoms with Crippen LogP contribution in [0.15, 0.2) is 57.8 Å². The Hall–Kier alpha value is -4.30. The van der Waals surface area contributed by atoms with Crippen molar-refractivity contribution in [3.05, 3.63) is 81.6 Å². The van der Waals surface area contributed by atoms with Crippen LogP contribution in [0.3, 0.4) is 0 Å². The molecule has 9 nitrogen and oxygen atoms in total. The molecule has 39 heavy (non-hydrogen) atoms. The summed E-state index contributed by atoms with van der Waals surface area (Å²) in [5.74, 6) is -1.55. The summed E-state index contributed by atoms with van der Waals surface area (Å²) in [4.78, 5) is 39.0. The monoisotopic (exact) mass is 549 g/mol. The van der Waals surface area contributed by atoms with Gasteiger partial charge in [0.05, 0.1) is 11.6 Å². The third-order valence-corrected chi connectivity index (χ3v) is 7.10. The molecule has 0 aliphatic carbocycles. The number of benzene rings is 1.